The molecule has 3 aromatic rings. The van der Waals surface area contributed by atoms with Gasteiger partial charge in [-0.05, 0) is 47.7 Å². The molecule has 7 nitrogen and oxygen atoms in total. The van der Waals surface area contributed by atoms with Crippen LogP contribution in [0.1, 0.15) is 45.3 Å². The average Bonchev–Trinajstić information content (AvgIpc) is 3.22. The Kier molecular flexibility index (Phi) is 8.02. The van der Waals surface area contributed by atoms with Gasteiger partial charge in [-0.25, -0.2) is 9.67 Å². The number of rotatable bonds is 9. The van der Waals surface area contributed by atoms with Crippen LogP contribution < -0.4 is 4.74 Å². The van der Waals surface area contributed by atoms with E-state index in [1.165, 1.54) is 18.3 Å². The fourth-order valence-corrected chi connectivity index (χ4v) is 6.46. The minimum Gasteiger partial charge on any atom is -0.467 e. The smallest absolute Gasteiger partial charge is 0.422 e. The number of ether oxygens (including phenoxy) is 1. The van der Waals surface area contributed by atoms with Crippen molar-refractivity contribution in [1.82, 2.24) is 14.8 Å². The average molecular weight is 588 g/mol. The minimum absolute atomic E-state index is 0.0226. The number of carbonyl (C=O) groups is 2. The predicted molar refractivity (Wildman–Crippen MR) is 137 cm³/mol. The number of aromatic nitrogens is 3. The van der Waals surface area contributed by atoms with Crippen molar-refractivity contribution in [2.24, 2.45) is 5.41 Å². The van der Waals surface area contributed by atoms with Gasteiger partial charge in [0.15, 0.2) is 24.0 Å². The maximum absolute atomic E-state index is 13.5. The third-order valence-corrected chi connectivity index (χ3v) is 8.53. The van der Waals surface area contributed by atoms with E-state index in [4.69, 9.17) is 27.9 Å². The summed E-state index contributed by atoms with van der Waals surface area (Å²) in [7, 11) is -0.952. The Labute approximate surface area is 228 Å². The standard InChI is InChI=1S/C25H22Cl2F3N3O4S/c1-14-6-15(26)7-17(21(35)10-24(2)12-38(36)13-24)16(14)8-20(34)19-9-22(37-11-25(28,29)30)32-33(19)23-18(27)4-3-5-31-23/h3-7,9H,8,10-13H2,1-2H3. The number of nitrogens with zero attached hydrogens (tertiary/aromatic N) is 3. The van der Waals surface area contributed by atoms with Gasteiger partial charge in [0.2, 0.25) is 5.88 Å². The van der Waals surface area contributed by atoms with Crippen LogP contribution >= 0.6 is 23.2 Å². The van der Waals surface area contributed by atoms with Gasteiger partial charge in [-0.2, -0.15) is 13.2 Å². The second-order valence-electron chi connectivity index (χ2n) is 9.48. The second kappa shape index (κ2) is 10.8. The normalized spacial score (nSPS) is 19.2. The SMILES string of the molecule is Cc1cc(Cl)cc(C(=O)CC2(C)CS(=O)C2)c1CC(=O)c1cc(OCC(F)(F)F)nn1-c1ncccc1Cl. The van der Waals surface area contributed by atoms with Crippen LogP contribution in [0.25, 0.3) is 5.82 Å². The number of carbonyl (C=O) groups excluding carboxylic acids is 2. The van der Waals surface area contributed by atoms with Crippen molar-refractivity contribution in [3.63, 3.8) is 0 Å². The summed E-state index contributed by atoms with van der Waals surface area (Å²) in [5.41, 5.74) is 0.742. The van der Waals surface area contributed by atoms with E-state index in [0.717, 1.165) is 10.7 Å². The summed E-state index contributed by atoms with van der Waals surface area (Å²) in [6.07, 6.45) is -3.37. The highest BCUT2D eigenvalue weighted by molar-refractivity contribution is 7.86. The number of hydrogen-bond acceptors (Lipinski definition) is 6. The summed E-state index contributed by atoms with van der Waals surface area (Å²) in [6, 6.07) is 7.22. The molecule has 3 heterocycles. The monoisotopic (exact) mass is 587 g/mol. The lowest BCUT2D eigenvalue weighted by Crippen LogP contribution is -2.43. The highest BCUT2D eigenvalue weighted by atomic mass is 35.5. The molecule has 0 aliphatic carbocycles. The van der Waals surface area contributed by atoms with Crippen LogP contribution in [0.2, 0.25) is 10.0 Å². The van der Waals surface area contributed by atoms with Gasteiger partial charge in [0.25, 0.3) is 0 Å². The van der Waals surface area contributed by atoms with Crippen molar-refractivity contribution >= 4 is 45.6 Å². The summed E-state index contributed by atoms with van der Waals surface area (Å²) in [6.45, 7) is 1.98. The van der Waals surface area contributed by atoms with Crippen molar-refractivity contribution in [2.75, 3.05) is 18.1 Å². The molecule has 1 aromatic carbocycles. The molecule has 13 heteroatoms. The molecule has 2 aromatic heterocycles. The molecule has 0 amide bonds. The van der Waals surface area contributed by atoms with E-state index in [1.54, 1.807) is 19.1 Å². The number of halogens is 5. The van der Waals surface area contributed by atoms with Crippen LogP contribution in [-0.4, -0.2) is 54.8 Å². The zero-order valence-electron chi connectivity index (χ0n) is 20.3. The van der Waals surface area contributed by atoms with E-state index in [9.17, 15) is 27.0 Å². The number of benzene rings is 1. The molecule has 0 spiro atoms. The van der Waals surface area contributed by atoms with E-state index in [0.29, 0.717) is 27.7 Å². The number of hydrogen-bond donors (Lipinski definition) is 0. The lowest BCUT2D eigenvalue weighted by atomic mass is 9.84. The van der Waals surface area contributed by atoms with Gasteiger partial charge < -0.3 is 4.74 Å². The number of aryl methyl sites for hydroxylation is 1. The Morgan fingerprint density at radius 1 is 1.18 bits per heavy atom. The van der Waals surface area contributed by atoms with Crippen molar-refractivity contribution in [3.05, 3.63) is 69.0 Å². The molecule has 1 aliphatic rings. The number of alkyl halides is 3. The maximum Gasteiger partial charge on any atom is 0.422 e. The van der Waals surface area contributed by atoms with E-state index < -0.39 is 40.7 Å². The van der Waals surface area contributed by atoms with Crippen molar-refractivity contribution in [2.45, 2.75) is 32.9 Å². The highest BCUT2D eigenvalue weighted by Gasteiger charge is 2.40. The Balaban J connectivity index is 1.69. The van der Waals surface area contributed by atoms with E-state index >= 15 is 0 Å². The zero-order chi connectivity index (χ0) is 27.8. The second-order valence-corrected chi connectivity index (χ2v) is 11.8. The molecule has 0 N–H and O–H groups in total. The van der Waals surface area contributed by atoms with Crippen LogP contribution in [0.3, 0.4) is 0 Å². The molecule has 0 atom stereocenters. The van der Waals surface area contributed by atoms with Crippen molar-refractivity contribution in [1.29, 1.82) is 0 Å². The fraction of sp³-hybridized carbons (Fsp3) is 0.360. The number of ketones is 2. The van der Waals surface area contributed by atoms with Gasteiger partial charge >= 0.3 is 6.18 Å². The first-order chi connectivity index (χ1) is 17.7. The largest absolute Gasteiger partial charge is 0.467 e. The van der Waals surface area contributed by atoms with E-state index in [2.05, 4.69) is 10.1 Å². The Morgan fingerprint density at radius 3 is 2.53 bits per heavy atom. The fourth-order valence-electron chi connectivity index (χ4n) is 4.31. The van der Waals surface area contributed by atoms with Crippen LogP contribution in [0.15, 0.2) is 36.5 Å². The van der Waals surface area contributed by atoms with Gasteiger partial charge in [-0.15, -0.1) is 5.10 Å². The molecule has 1 saturated heterocycles. The van der Waals surface area contributed by atoms with E-state index in [1.807, 2.05) is 6.92 Å². The van der Waals surface area contributed by atoms with Crippen LogP contribution in [0.4, 0.5) is 13.2 Å². The molecule has 1 aliphatic heterocycles. The predicted octanol–water partition coefficient (Wildman–Crippen LogP) is 5.59. The lowest BCUT2D eigenvalue weighted by molar-refractivity contribution is -0.154. The van der Waals surface area contributed by atoms with Crippen molar-refractivity contribution in [3.8, 4) is 11.7 Å². The molecule has 0 radical (unpaired) electrons. The quantitative estimate of drug-likeness (QED) is 0.303. The molecule has 202 valence electrons. The number of Topliss-reactive ketones (excluding diaryl/α,β-unsaturated/α-hetero) is 2. The van der Waals surface area contributed by atoms with Gasteiger partial charge in [0.1, 0.15) is 5.69 Å². The first kappa shape index (κ1) is 28.3. The first-order valence-corrected chi connectivity index (χ1v) is 13.6. The third-order valence-electron chi connectivity index (χ3n) is 5.98. The van der Waals surface area contributed by atoms with Gasteiger partial charge in [-0.1, -0.05) is 30.1 Å². The van der Waals surface area contributed by atoms with Gasteiger partial charge in [0.05, 0.1) is 5.02 Å². The highest BCUT2D eigenvalue weighted by Crippen LogP contribution is 2.36. The van der Waals surface area contributed by atoms with Crippen molar-refractivity contribution < 1.29 is 31.7 Å². The summed E-state index contributed by atoms with van der Waals surface area (Å²) in [4.78, 5) is 30.9. The zero-order valence-corrected chi connectivity index (χ0v) is 22.6. The summed E-state index contributed by atoms with van der Waals surface area (Å²) in [5, 5.41) is 4.41. The topological polar surface area (TPSA) is 91.1 Å². The Hall–Kier alpha value is -2.76. The number of pyridine rings is 1. The Morgan fingerprint density at radius 2 is 1.89 bits per heavy atom. The molecule has 38 heavy (non-hydrogen) atoms. The maximum atomic E-state index is 13.5. The molecule has 0 bridgehead atoms. The summed E-state index contributed by atoms with van der Waals surface area (Å²) in [5.74, 6) is -0.393. The first-order valence-electron chi connectivity index (χ1n) is 11.4. The summed E-state index contributed by atoms with van der Waals surface area (Å²) >= 11 is 12.4. The molecular formula is C25H22Cl2F3N3O4S. The van der Waals surface area contributed by atoms with E-state index in [-0.39, 0.29) is 40.7 Å². The van der Waals surface area contributed by atoms with Gasteiger partial charge in [0, 0.05) is 58.0 Å². The Bertz CT molecular complexity index is 1430. The minimum atomic E-state index is -4.62. The van der Waals surface area contributed by atoms with Crippen LogP contribution in [0, 0.1) is 12.3 Å². The summed E-state index contributed by atoms with van der Waals surface area (Å²) < 4.78 is 55.6. The van der Waals surface area contributed by atoms with Crippen LogP contribution in [0.5, 0.6) is 5.88 Å². The molecule has 1 fully saturated rings. The lowest BCUT2D eigenvalue weighted by Gasteiger charge is -2.36. The molecular weight excluding hydrogens is 566 g/mol. The third kappa shape index (κ3) is 6.44. The molecule has 0 unspecified atom stereocenters. The molecule has 0 saturated carbocycles. The molecule has 4 rings (SSSR count). The van der Waals surface area contributed by atoms with Crippen LogP contribution in [-0.2, 0) is 17.2 Å². The van der Waals surface area contributed by atoms with Gasteiger partial charge in [-0.3, -0.25) is 13.8 Å².